The minimum absolute atomic E-state index is 0.518. The van der Waals surface area contributed by atoms with E-state index in [0.717, 1.165) is 19.5 Å². The number of aromatic nitrogens is 2. The molecule has 1 atom stereocenters. The molecule has 94 valence electrons. The molecule has 0 amide bonds. The first-order valence-electron chi connectivity index (χ1n) is 5.75. The molecule has 0 bridgehead atoms. The Morgan fingerprint density at radius 3 is 3.00 bits per heavy atom. The average molecular weight is 257 g/mol. The van der Waals surface area contributed by atoms with Crippen molar-refractivity contribution in [1.29, 1.82) is 0 Å². The van der Waals surface area contributed by atoms with Crippen LogP contribution in [0.5, 0.6) is 0 Å². The van der Waals surface area contributed by atoms with Crippen LogP contribution in [0.4, 0.5) is 11.8 Å². The molecule has 1 aliphatic rings. The van der Waals surface area contributed by atoms with Crippen LogP contribution in [0.3, 0.4) is 0 Å². The molecule has 6 heteroatoms. The van der Waals surface area contributed by atoms with Crippen LogP contribution in [0.1, 0.15) is 20.3 Å². The summed E-state index contributed by atoms with van der Waals surface area (Å²) >= 11 is 6.09. The fourth-order valence-electron chi connectivity index (χ4n) is 1.95. The van der Waals surface area contributed by atoms with Gasteiger partial charge in [0.2, 0.25) is 5.95 Å². The van der Waals surface area contributed by atoms with Crippen LogP contribution in [-0.4, -0.2) is 40.3 Å². The van der Waals surface area contributed by atoms with E-state index in [4.69, 9.17) is 11.6 Å². The number of nitrogens with one attached hydrogen (secondary N) is 1. The standard InChI is InChI=1S/C11H17ClN4O/c1-3-13-10-14-6-8(12)9(15-10)16-5-4-11(2,17)7-16/h6,17H,3-5,7H2,1-2H3,(H,13,14,15). The van der Waals surface area contributed by atoms with Gasteiger partial charge in [-0.15, -0.1) is 0 Å². The number of hydrogen-bond acceptors (Lipinski definition) is 5. The maximum absolute atomic E-state index is 9.95. The van der Waals surface area contributed by atoms with Gasteiger partial charge in [-0.05, 0) is 20.3 Å². The van der Waals surface area contributed by atoms with Gasteiger partial charge < -0.3 is 15.3 Å². The van der Waals surface area contributed by atoms with E-state index in [1.165, 1.54) is 0 Å². The summed E-state index contributed by atoms with van der Waals surface area (Å²) < 4.78 is 0. The molecule has 1 saturated heterocycles. The zero-order valence-corrected chi connectivity index (χ0v) is 10.8. The van der Waals surface area contributed by atoms with Gasteiger partial charge >= 0.3 is 0 Å². The summed E-state index contributed by atoms with van der Waals surface area (Å²) in [6.45, 7) is 5.88. The highest BCUT2D eigenvalue weighted by Crippen LogP contribution is 2.30. The number of anilines is 2. The first-order valence-corrected chi connectivity index (χ1v) is 6.13. The summed E-state index contributed by atoms with van der Waals surface area (Å²) in [6, 6.07) is 0. The highest BCUT2D eigenvalue weighted by atomic mass is 35.5. The lowest BCUT2D eigenvalue weighted by molar-refractivity contribution is 0.0839. The maximum atomic E-state index is 9.95. The molecule has 0 aliphatic carbocycles. The quantitative estimate of drug-likeness (QED) is 0.859. The van der Waals surface area contributed by atoms with Crippen molar-refractivity contribution in [2.24, 2.45) is 0 Å². The third-order valence-electron chi connectivity index (χ3n) is 2.81. The third-order valence-corrected chi connectivity index (χ3v) is 3.08. The number of aliphatic hydroxyl groups is 1. The summed E-state index contributed by atoms with van der Waals surface area (Å²) in [5, 5.41) is 13.5. The Hall–Kier alpha value is -1.07. The van der Waals surface area contributed by atoms with Crippen molar-refractivity contribution in [2.45, 2.75) is 25.9 Å². The molecule has 1 fully saturated rings. The van der Waals surface area contributed by atoms with Gasteiger partial charge in [-0.3, -0.25) is 0 Å². The Labute approximate surface area is 106 Å². The van der Waals surface area contributed by atoms with Crippen LogP contribution < -0.4 is 10.2 Å². The van der Waals surface area contributed by atoms with Crippen LogP contribution in [-0.2, 0) is 0 Å². The predicted octanol–water partition coefficient (Wildman–Crippen LogP) is 1.52. The van der Waals surface area contributed by atoms with Gasteiger partial charge in [0.25, 0.3) is 0 Å². The molecule has 0 saturated carbocycles. The molecule has 2 heterocycles. The molecule has 0 aromatic carbocycles. The van der Waals surface area contributed by atoms with Gasteiger partial charge in [0.1, 0.15) is 5.02 Å². The fraction of sp³-hybridized carbons (Fsp3) is 0.636. The van der Waals surface area contributed by atoms with Gasteiger partial charge in [-0.2, -0.15) is 4.98 Å². The summed E-state index contributed by atoms with van der Waals surface area (Å²) in [5.41, 5.74) is -0.660. The van der Waals surface area contributed by atoms with Gasteiger partial charge in [-0.1, -0.05) is 11.6 Å². The van der Waals surface area contributed by atoms with E-state index in [1.807, 2.05) is 18.7 Å². The van der Waals surface area contributed by atoms with Crippen LogP contribution in [0, 0.1) is 0 Å². The largest absolute Gasteiger partial charge is 0.388 e. The third kappa shape index (κ3) is 2.79. The van der Waals surface area contributed by atoms with E-state index in [9.17, 15) is 5.11 Å². The number of halogens is 1. The van der Waals surface area contributed by atoms with E-state index in [-0.39, 0.29) is 0 Å². The van der Waals surface area contributed by atoms with E-state index in [0.29, 0.717) is 23.3 Å². The maximum Gasteiger partial charge on any atom is 0.224 e. The zero-order valence-electron chi connectivity index (χ0n) is 10.1. The zero-order chi connectivity index (χ0) is 12.5. The number of β-amino-alcohol motifs (C(OH)–C–C–N with tert-alkyl or cyclic N) is 1. The molecule has 17 heavy (non-hydrogen) atoms. The molecule has 1 aromatic rings. The van der Waals surface area contributed by atoms with E-state index < -0.39 is 5.60 Å². The van der Waals surface area contributed by atoms with Gasteiger partial charge in [0.05, 0.1) is 11.8 Å². The van der Waals surface area contributed by atoms with Crippen LogP contribution in [0.2, 0.25) is 5.02 Å². The lowest BCUT2D eigenvalue weighted by Crippen LogP contribution is -2.30. The van der Waals surface area contributed by atoms with E-state index in [1.54, 1.807) is 6.20 Å². The summed E-state index contributed by atoms with van der Waals surface area (Å²) in [4.78, 5) is 10.5. The number of hydrogen-bond donors (Lipinski definition) is 2. The van der Waals surface area contributed by atoms with Gasteiger partial charge in [-0.25, -0.2) is 4.98 Å². The molecule has 2 N–H and O–H groups in total. The lowest BCUT2D eigenvalue weighted by atomic mass is 10.1. The first-order chi connectivity index (χ1) is 8.02. The molecule has 0 spiro atoms. The molecule has 1 unspecified atom stereocenters. The SMILES string of the molecule is CCNc1ncc(Cl)c(N2CCC(C)(O)C2)n1. The second kappa shape index (κ2) is 4.66. The smallest absolute Gasteiger partial charge is 0.224 e. The summed E-state index contributed by atoms with van der Waals surface area (Å²) in [6.07, 6.45) is 2.32. The van der Waals surface area contributed by atoms with Crippen molar-refractivity contribution in [3.05, 3.63) is 11.2 Å². The Morgan fingerprint density at radius 1 is 1.65 bits per heavy atom. The van der Waals surface area contributed by atoms with Crippen LogP contribution >= 0.6 is 11.6 Å². The Kier molecular flexibility index (Phi) is 3.40. The number of nitrogens with zero attached hydrogens (tertiary/aromatic N) is 3. The Morgan fingerprint density at radius 2 is 2.41 bits per heavy atom. The molecular formula is C11H17ClN4O. The minimum Gasteiger partial charge on any atom is -0.388 e. The molecular weight excluding hydrogens is 240 g/mol. The monoisotopic (exact) mass is 256 g/mol. The van der Waals surface area contributed by atoms with Crippen molar-refractivity contribution in [1.82, 2.24) is 9.97 Å². The Balaban J connectivity index is 2.22. The molecule has 0 radical (unpaired) electrons. The molecule has 1 aliphatic heterocycles. The van der Waals surface area contributed by atoms with Crippen molar-refractivity contribution in [3.63, 3.8) is 0 Å². The van der Waals surface area contributed by atoms with Crippen molar-refractivity contribution in [2.75, 3.05) is 29.9 Å². The first kappa shape index (κ1) is 12.4. The fourth-order valence-corrected chi connectivity index (χ4v) is 2.16. The average Bonchev–Trinajstić information content (AvgIpc) is 2.62. The molecule has 5 nitrogen and oxygen atoms in total. The summed E-state index contributed by atoms with van der Waals surface area (Å²) in [7, 11) is 0. The van der Waals surface area contributed by atoms with Crippen molar-refractivity contribution in [3.8, 4) is 0 Å². The second-order valence-electron chi connectivity index (χ2n) is 4.56. The van der Waals surface area contributed by atoms with Crippen molar-refractivity contribution < 1.29 is 5.11 Å². The normalized spacial score (nSPS) is 24.1. The van der Waals surface area contributed by atoms with E-state index >= 15 is 0 Å². The van der Waals surface area contributed by atoms with Crippen LogP contribution in [0.15, 0.2) is 6.20 Å². The molecule has 2 rings (SSSR count). The van der Waals surface area contributed by atoms with Crippen LogP contribution in [0.25, 0.3) is 0 Å². The highest BCUT2D eigenvalue weighted by Gasteiger charge is 2.33. The highest BCUT2D eigenvalue weighted by molar-refractivity contribution is 6.32. The topological polar surface area (TPSA) is 61.3 Å². The van der Waals surface area contributed by atoms with E-state index in [2.05, 4.69) is 15.3 Å². The second-order valence-corrected chi connectivity index (χ2v) is 4.97. The van der Waals surface area contributed by atoms with Gasteiger partial charge in [0, 0.05) is 19.6 Å². The minimum atomic E-state index is -0.660. The molecule has 1 aromatic heterocycles. The Bertz CT molecular complexity index is 410. The van der Waals surface area contributed by atoms with Crippen molar-refractivity contribution >= 4 is 23.4 Å². The summed E-state index contributed by atoms with van der Waals surface area (Å²) in [5.74, 6) is 1.26. The predicted molar refractivity (Wildman–Crippen MR) is 68.7 cm³/mol. The lowest BCUT2D eigenvalue weighted by Gasteiger charge is -2.21. The van der Waals surface area contributed by atoms with Gasteiger partial charge in [0.15, 0.2) is 5.82 Å². The number of rotatable bonds is 3.